The summed E-state index contributed by atoms with van der Waals surface area (Å²) in [6.07, 6.45) is 7.13. The highest BCUT2D eigenvalue weighted by Crippen LogP contribution is 2.35. The van der Waals surface area contributed by atoms with E-state index in [1.165, 1.54) is 12.1 Å². The van der Waals surface area contributed by atoms with Gasteiger partial charge in [-0.1, -0.05) is 0 Å². The van der Waals surface area contributed by atoms with Gasteiger partial charge in [0.1, 0.15) is 17.2 Å². The van der Waals surface area contributed by atoms with Gasteiger partial charge in [-0.15, -0.1) is 0 Å². The standard InChI is InChI=1S/C23H16FN7O/c1-31-11-14(10-27-31)13-6-19-21(29-30-23(19)26-9-13)20-8-18-17(2-3-25-22(18)28-20)12-4-15(24)7-16(32)5-12/h2-11,32H,1H3,(H,25,28)(H,26,29,30). The normalized spacial score (nSPS) is 11.6. The monoisotopic (exact) mass is 425 g/mol. The zero-order valence-corrected chi connectivity index (χ0v) is 16.8. The molecule has 0 saturated heterocycles. The van der Waals surface area contributed by atoms with E-state index in [1.807, 2.05) is 25.4 Å². The summed E-state index contributed by atoms with van der Waals surface area (Å²) >= 11 is 0. The highest BCUT2D eigenvalue weighted by Gasteiger charge is 2.16. The molecular weight excluding hydrogens is 409 g/mol. The number of aryl methyl sites for hydroxylation is 1. The molecule has 9 heteroatoms. The molecule has 32 heavy (non-hydrogen) atoms. The van der Waals surface area contributed by atoms with Gasteiger partial charge in [-0.3, -0.25) is 9.78 Å². The average Bonchev–Trinajstić information content (AvgIpc) is 3.49. The van der Waals surface area contributed by atoms with Crippen LogP contribution in [0.15, 0.2) is 61.2 Å². The maximum Gasteiger partial charge on any atom is 0.181 e. The van der Waals surface area contributed by atoms with Crippen molar-refractivity contribution in [1.82, 2.24) is 34.9 Å². The Labute approximate surface area is 180 Å². The number of phenols is 1. The van der Waals surface area contributed by atoms with E-state index in [4.69, 9.17) is 0 Å². The molecule has 0 aliphatic carbocycles. The van der Waals surface area contributed by atoms with Crippen LogP contribution >= 0.6 is 0 Å². The molecule has 0 bridgehead atoms. The number of aromatic nitrogens is 7. The van der Waals surface area contributed by atoms with Crippen molar-refractivity contribution in [1.29, 1.82) is 0 Å². The molecule has 8 nitrogen and oxygen atoms in total. The first-order valence-corrected chi connectivity index (χ1v) is 9.86. The van der Waals surface area contributed by atoms with E-state index in [9.17, 15) is 9.50 Å². The SMILES string of the molecule is Cn1cc(-c2cnc3n[nH]c(-c4cc5c(-c6cc(O)cc(F)c6)ccnc5[nH]4)c3c2)cn1. The molecule has 0 aliphatic heterocycles. The van der Waals surface area contributed by atoms with Gasteiger partial charge >= 0.3 is 0 Å². The van der Waals surface area contributed by atoms with Gasteiger partial charge in [0.2, 0.25) is 0 Å². The Morgan fingerprint density at radius 1 is 0.969 bits per heavy atom. The van der Waals surface area contributed by atoms with Crippen molar-refractivity contribution >= 4 is 22.1 Å². The van der Waals surface area contributed by atoms with Crippen molar-refractivity contribution in [3.05, 3.63) is 67.0 Å². The zero-order chi connectivity index (χ0) is 21.8. The fourth-order valence-electron chi connectivity index (χ4n) is 3.98. The van der Waals surface area contributed by atoms with Crippen molar-refractivity contribution < 1.29 is 9.50 Å². The highest BCUT2D eigenvalue weighted by atomic mass is 19.1. The molecule has 0 aliphatic rings. The molecule has 5 heterocycles. The summed E-state index contributed by atoms with van der Waals surface area (Å²) in [5, 5.41) is 23.1. The summed E-state index contributed by atoms with van der Waals surface area (Å²) in [6.45, 7) is 0. The fraction of sp³-hybridized carbons (Fsp3) is 0.0435. The van der Waals surface area contributed by atoms with Gasteiger partial charge in [0.05, 0.1) is 17.6 Å². The number of hydrogen-bond acceptors (Lipinski definition) is 5. The second kappa shape index (κ2) is 6.74. The number of aromatic amines is 2. The minimum atomic E-state index is -0.505. The van der Waals surface area contributed by atoms with E-state index < -0.39 is 5.82 Å². The first kappa shape index (κ1) is 18.3. The lowest BCUT2D eigenvalue weighted by atomic mass is 10.0. The predicted molar refractivity (Wildman–Crippen MR) is 118 cm³/mol. The van der Waals surface area contributed by atoms with Gasteiger partial charge in [-0.25, -0.2) is 14.4 Å². The molecule has 0 atom stereocenters. The fourth-order valence-corrected chi connectivity index (χ4v) is 3.98. The Bertz CT molecular complexity index is 1610. The molecule has 3 N–H and O–H groups in total. The zero-order valence-electron chi connectivity index (χ0n) is 16.8. The van der Waals surface area contributed by atoms with Crippen LogP contribution in [0.3, 0.4) is 0 Å². The number of nitrogens with one attached hydrogen (secondary N) is 2. The number of phenolic OH excluding ortho intramolecular Hbond substituents is 1. The van der Waals surface area contributed by atoms with Crippen LogP contribution in [0.4, 0.5) is 4.39 Å². The molecular formula is C23H16FN7O. The molecule has 0 spiro atoms. The molecule has 1 aromatic carbocycles. The lowest BCUT2D eigenvalue weighted by molar-refractivity contribution is 0.469. The van der Waals surface area contributed by atoms with Crippen LogP contribution in [0.1, 0.15) is 0 Å². The van der Waals surface area contributed by atoms with Gasteiger partial charge in [-0.2, -0.15) is 10.2 Å². The molecule has 5 aromatic heterocycles. The van der Waals surface area contributed by atoms with E-state index >= 15 is 0 Å². The first-order valence-electron chi connectivity index (χ1n) is 9.86. The number of nitrogens with zero attached hydrogens (tertiary/aromatic N) is 5. The average molecular weight is 425 g/mol. The van der Waals surface area contributed by atoms with Gasteiger partial charge in [0.25, 0.3) is 0 Å². The number of fused-ring (bicyclic) bond motifs is 2. The molecule has 0 saturated carbocycles. The summed E-state index contributed by atoms with van der Waals surface area (Å²) in [7, 11) is 1.87. The van der Waals surface area contributed by atoms with Crippen LogP contribution in [-0.2, 0) is 7.05 Å². The van der Waals surface area contributed by atoms with Gasteiger partial charge in [0.15, 0.2) is 5.65 Å². The van der Waals surface area contributed by atoms with Crippen LogP contribution < -0.4 is 0 Å². The van der Waals surface area contributed by atoms with Crippen LogP contribution in [0.25, 0.3) is 55.7 Å². The van der Waals surface area contributed by atoms with E-state index in [0.717, 1.165) is 44.9 Å². The quantitative estimate of drug-likeness (QED) is 0.389. The Balaban J connectivity index is 1.51. The smallest absolute Gasteiger partial charge is 0.181 e. The van der Waals surface area contributed by atoms with Crippen molar-refractivity contribution in [3.63, 3.8) is 0 Å². The molecule has 0 fully saturated rings. The van der Waals surface area contributed by atoms with Crippen LogP contribution in [0, 0.1) is 5.82 Å². The van der Waals surface area contributed by atoms with E-state index in [1.54, 1.807) is 29.3 Å². The summed E-state index contributed by atoms with van der Waals surface area (Å²) < 4.78 is 15.6. The predicted octanol–water partition coefficient (Wildman–Crippen LogP) is 4.41. The molecule has 0 radical (unpaired) electrons. The third kappa shape index (κ3) is 2.90. The van der Waals surface area contributed by atoms with Gasteiger partial charge in [-0.05, 0) is 41.5 Å². The molecule has 0 unspecified atom stereocenters. The summed E-state index contributed by atoms with van der Waals surface area (Å²) in [5.41, 5.74) is 5.98. The number of H-pyrrole nitrogens is 2. The van der Waals surface area contributed by atoms with Crippen LogP contribution in [0.5, 0.6) is 5.75 Å². The topological polar surface area (TPSA) is 108 Å². The third-order valence-electron chi connectivity index (χ3n) is 5.44. The Morgan fingerprint density at radius 3 is 2.69 bits per heavy atom. The van der Waals surface area contributed by atoms with Crippen molar-refractivity contribution in [2.75, 3.05) is 0 Å². The van der Waals surface area contributed by atoms with Crippen LogP contribution in [-0.4, -0.2) is 40.0 Å². The van der Waals surface area contributed by atoms with Crippen molar-refractivity contribution in [2.45, 2.75) is 0 Å². The summed E-state index contributed by atoms with van der Waals surface area (Å²) in [6, 6.07) is 9.73. The second-order valence-corrected chi connectivity index (χ2v) is 7.60. The van der Waals surface area contributed by atoms with E-state index in [2.05, 4.69) is 30.2 Å². The summed E-state index contributed by atoms with van der Waals surface area (Å²) in [4.78, 5) is 12.2. The largest absolute Gasteiger partial charge is 0.508 e. The van der Waals surface area contributed by atoms with E-state index in [0.29, 0.717) is 16.9 Å². The lowest BCUT2D eigenvalue weighted by Gasteiger charge is -2.04. The van der Waals surface area contributed by atoms with Crippen molar-refractivity contribution in [2.24, 2.45) is 7.05 Å². The molecule has 156 valence electrons. The molecule has 6 aromatic rings. The third-order valence-corrected chi connectivity index (χ3v) is 5.44. The number of pyridine rings is 2. The summed E-state index contributed by atoms with van der Waals surface area (Å²) in [5.74, 6) is -0.636. The van der Waals surface area contributed by atoms with Gasteiger partial charge < -0.3 is 10.1 Å². The number of hydrogen-bond donors (Lipinski definition) is 3. The number of benzene rings is 1. The minimum absolute atomic E-state index is 0.130. The highest BCUT2D eigenvalue weighted by molar-refractivity contribution is 5.99. The number of rotatable bonds is 3. The Morgan fingerprint density at radius 2 is 1.88 bits per heavy atom. The lowest BCUT2D eigenvalue weighted by Crippen LogP contribution is -1.84. The molecule has 0 amide bonds. The second-order valence-electron chi connectivity index (χ2n) is 7.60. The first-order chi connectivity index (χ1) is 15.5. The van der Waals surface area contributed by atoms with Gasteiger partial charge in [0, 0.05) is 53.6 Å². The molecule has 6 rings (SSSR count). The van der Waals surface area contributed by atoms with Crippen molar-refractivity contribution in [3.8, 4) is 39.4 Å². The minimum Gasteiger partial charge on any atom is -0.508 e. The van der Waals surface area contributed by atoms with Crippen LogP contribution in [0.2, 0.25) is 0 Å². The van der Waals surface area contributed by atoms with E-state index in [-0.39, 0.29) is 5.75 Å². The number of halogens is 1. The number of aromatic hydroxyl groups is 1. The maximum absolute atomic E-state index is 13.9. The Hall–Kier alpha value is -4.53. The maximum atomic E-state index is 13.9. The Kier molecular flexibility index (Phi) is 3.85.